The van der Waals surface area contributed by atoms with Crippen LogP contribution in [0.15, 0.2) is 53.5 Å². The molecule has 0 saturated heterocycles. The molecule has 0 aliphatic rings. The second-order valence-electron chi connectivity index (χ2n) is 5.50. The third kappa shape index (κ3) is 6.43. The van der Waals surface area contributed by atoms with Gasteiger partial charge in [-0.05, 0) is 18.2 Å². The summed E-state index contributed by atoms with van der Waals surface area (Å²) in [6.07, 6.45) is 0. The van der Waals surface area contributed by atoms with Gasteiger partial charge in [-0.3, -0.25) is 9.79 Å². The first-order valence-electron chi connectivity index (χ1n) is 8.27. The molecule has 6 nitrogen and oxygen atoms in total. The van der Waals surface area contributed by atoms with E-state index in [1.165, 1.54) is 13.0 Å². The van der Waals surface area contributed by atoms with Crippen LogP contribution in [0.25, 0.3) is 0 Å². The van der Waals surface area contributed by atoms with Crippen LogP contribution < -0.4 is 20.7 Å². The van der Waals surface area contributed by atoms with Gasteiger partial charge >= 0.3 is 0 Å². The fourth-order valence-corrected chi connectivity index (χ4v) is 2.25. The molecule has 2 aromatic rings. The zero-order valence-electron chi connectivity index (χ0n) is 14.9. The lowest BCUT2D eigenvalue weighted by atomic mass is 10.2. The van der Waals surface area contributed by atoms with Gasteiger partial charge in [0.15, 0.2) is 5.96 Å². The van der Waals surface area contributed by atoms with Crippen molar-refractivity contribution in [1.82, 2.24) is 10.6 Å². The normalized spacial score (nSPS) is 11.0. The van der Waals surface area contributed by atoms with Gasteiger partial charge in [-0.25, -0.2) is 4.39 Å². The summed E-state index contributed by atoms with van der Waals surface area (Å²) in [7, 11) is 1.65. The van der Waals surface area contributed by atoms with Crippen molar-refractivity contribution in [2.24, 2.45) is 4.99 Å². The summed E-state index contributed by atoms with van der Waals surface area (Å²) in [4.78, 5) is 15.2. The number of ether oxygens (including phenoxy) is 1. The number of nitrogens with one attached hydrogen (secondary N) is 3. The monoisotopic (exact) mass is 358 g/mol. The Morgan fingerprint density at radius 3 is 2.69 bits per heavy atom. The molecule has 0 radical (unpaired) electrons. The van der Waals surface area contributed by atoms with Gasteiger partial charge < -0.3 is 20.7 Å². The summed E-state index contributed by atoms with van der Waals surface area (Å²) in [5, 5.41) is 8.86. The topological polar surface area (TPSA) is 74.8 Å². The van der Waals surface area contributed by atoms with Crippen molar-refractivity contribution >= 4 is 17.6 Å². The Hall–Kier alpha value is -3.09. The van der Waals surface area contributed by atoms with E-state index in [0.717, 1.165) is 0 Å². The van der Waals surface area contributed by atoms with Gasteiger partial charge in [-0.2, -0.15) is 0 Å². The van der Waals surface area contributed by atoms with Crippen molar-refractivity contribution in [1.29, 1.82) is 0 Å². The Bertz CT molecular complexity index is 765. The molecule has 0 bridgehead atoms. The highest BCUT2D eigenvalue weighted by molar-refractivity contribution is 5.88. The molecule has 0 aliphatic heterocycles. The fourth-order valence-electron chi connectivity index (χ4n) is 2.25. The molecule has 7 heteroatoms. The number of anilines is 1. The molecule has 0 aromatic heterocycles. The molecule has 0 atom stereocenters. The number of aliphatic imine (C=N–C) groups is 1. The van der Waals surface area contributed by atoms with Crippen molar-refractivity contribution in [3.8, 4) is 5.75 Å². The van der Waals surface area contributed by atoms with E-state index >= 15 is 0 Å². The van der Waals surface area contributed by atoms with Gasteiger partial charge in [0.25, 0.3) is 0 Å². The zero-order chi connectivity index (χ0) is 18.8. The molecule has 0 fully saturated rings. The van der Waals surface area contributed by atoms with Gasteiger partial charge in [0.1, 0.15) is 18.2 Å². The molecule has 0 heterocycles. The second kappa shape index (κ2) is 10.0. The average Bonchev–Trinajstić information content (AvgIpc) is 2.62. The van der Waals surface area contributed by atoms with Gasteiger partial charge in [0.05, 0.1) is 6.54 Å². The number of rotatable bonds is 7. The van der Waals surface area contributed by atoms with Crippen molar-refractivity contribution < 1.29 is 13.9 Å². The van der Waals surface area contributed by atoms with Crippen LogP contribution in [0.2, 0.25) is 0 Å². The first-order chi connectivity index (χ1) is 12.6. The van der Waals surface area contributed by atoms with E-state index in [-0.39, 0.29) is 11.7 Å². The molecule has 138 valence electrons. The number of guanidine groups is 1. The molecule has 3 N–H and O–H groups in total. The molecular formula is C19H23FN4O2. The first kappa shape index (κ1) is 19.2. The minimum absolute atomic E-state index is 0.131. The van der Waals surface area contributed by atoms with Crippen molar-refractivity contribution in [2.75, 3.05) is 25.5 Å². The van der Waals surface area contributed by atoms with Crippen LogP contribution >= 0.6 is 0 Å². The Morgan fingerprint density at radius 2 is 1.96 bits per heavy atom. The molecule has 0 aliphatic carbocycles. The van der Waals surface area contributed by atoms with Crippen molar-refractivity contribution in [2.45, 2.75) is 13.5 Å². The summed E-state index contributed by atoms with van der Waals surface area (Å²) in [6, 6.07) is 13.8. The lowest BCUT2D eigenvalue weighted by Crippen LogP contribution is -2.39. The van der Waals surface area contributed by atoms with E-state index in [2.05, 4.69) is 20.9 Å². The second-order valence-corrected chi connectivity index (χ2v) is 5.50. The first-order valence-corrected chi connectivity index (χ1v) is 8.27. The van der Waals surface area contributed by atoms with E-state index in [9.17, 15) is 9.18 Å². The smallest absolute Gasteiger partial charge is 0.221 e. The number of nitrogens with zero attached hydrogens (tertiary/aromatic N) is 1. The van der Waals surface area contributed by atoms with Crippen molar-refractivity contribution in [3.63, 3.8) is 0 Å². The summed E-state index contributed by atoms with van der Waals surface area (Å²) < 4.78 is 19.3. The number of amides is 1. The van der Waals surface area contributed by atoms with Gasteiger partial charge in [0.2, 0.25) is 5.91 Å². The number of carbonyl (C=O) groups excluding carboxylic acids is 1. The van der Waals surface area contributed by atoms with E-state index < -0.39 is 0 Å². The molecule has 26 heavy (non-hydrogen) atoms. The van der Waals surface area contributed by atoms with E-state index in [1.807, 2.05) is 12.1 Å². The summed E-state index contributed by atoms with van der Waals surface area (Å²) in [5.41, 5.74) is 1.26. The highest BCUT2D eigenvalue weighted by atomic mass is 19.1. The largest absolute Gasteiger partial charge is 0.492 e. The summed E-state index contributed by atoms with van der Waals surface area (Å²) in [6.45, 7) is 2.72. The minimum Gasteiger partial charge on any atom is -0.492 e. The van der Waals surface area contributed by atoms with Crippen LogP contribution in [0.4, 0.5) is 10.1 Å². The lowest BCUT2D eigenvalue weighted by molar-refractivity contribution is -0.114. The van der Waals surface area contributed by atoms with E-state index in [4.69, 9.17) is 4.74 Å². The lowest BCUT2D eigenvalue weighted by Gasteiger charge is -2.13. The quantitative estimate of drug-likeness (QED) is 0.404. The fraction of sp³-hybridized carbons (Fsp3) is 0.263. The van der Waals surface area contributed by atoms with Crippen molar-refractivity contribution in [3.05, 3.63) is 59.9 Å². The third-order valence-corrected chi connectivity index (χ3v) is 3.45. The summed E-state index contributed by atoms with van der Waals surface area (Å²) >= 11 is 0. The predicted octanol–water partition coefficient (Wildman–Crippen LogP) is 2.53. The van der Waals surface area contributed by atoms with E-state index in [0.29, 0.717) is 42.7 Å². The zero-order valence-corrected chi connectivity index (χ0v) is 14.9. The Kier molecular flexibility index (Phi) is 7.42. The van der Waals surface area contributed by atoms with Crippen LogP contribution in [0.1, 0.15) is 12.5 Å². The summed E-state index contributed by atoms with van der Waals surface area (Å²) in [5.74, 6) is 0.836. The predicted molar refractivity (Wildman–Crippen MR) is 101 cm³/mol. The standard InChI is InChI=1S/C19H23FN4O2/c1-14(25)24-16-7-5-8-17(12-16)26-11-10-22-19(21-2)23-13-15-6-3-4-9-18(15)20/h3-9,12H,10-11,13H2,1-2H3,(H,24,25)(H2,21,22,23). The van der Waals surface area contributed by atoms with Crippen LogP contribution in [0.3, 0.4) is 0 Å². The van der Waals surface area contributed by atoms with Crippen LogP contribution in [0, 0.1) is 5.82 Å². The molecule has 0 saturated carbocycles. The average molecular weight is 358 g/mol. The molecule has 2 rings (SSSR count). The molecule has 1 amide bonds. The number of benzene rings is 2. The number of halogens is 1. The Morgan fingerprint density at radius 1 is 1.15 bits per heavy atom. The number of hydrogen-bond donors (Lipinski definition) is 3. The molecule has 0 unspecified atom stereocenters. The molecule has 0 spiro atoms. The maximum atomic E-state index is 13.6. The van der Waals surface area contributed by atoms with Gasteiger partial charge in [-0.15, -0.1) is 0 Å². The number of carbonyl (C=O) groups is 1. The van der Waals surface area contributed by atoms with Crippen LogP contribution in [0.5, 0.6) is 5.75 Å². The Labute approximate surface area is 152 Å². The van der Waals surface area contributed by atoms with Gasteiger partial charge in [0, 0.05) is 37.8 Å². The maximum Gasteiger partial charge on any atom is 0.221 e. The SMILES string of the molecule is CN=C(NCCOc1cccc(NC(C)=O)c1)NCc1ccccc1F. The van der Waals surface area contributed by atoms with E-state index in [1.54, 1.807) is 37.4 Å². The minimum atomic E-state index is -0.252. The highest BCUT2D eigenvalue weighted by Crippen LogP contribution is 2.17. The third-order valence-electron chi connectivity index (χ3n) is 3.45. The maximum absolute atomic E-state index is 13.6. The van der Waals surface area contributed by atoms with Crippen LogP contribution in [-0.4, -0.2) is 32.1 Å². The number of hydrogen-bond acceptors (Lipinski definition) is 3. The van der Waals surface area contributed by atoms with Crippen LogP contribution in [-0.2, 0) is 11.3 Å². The Balaban J connectivity index is 1.74. The van der Waals surface area contributed by atoms with Gasteiger partial charge in [-0.1, -0.05) is 24.3 Å². The highest BCUT2D eigenvalue weighted by Gasteiger charge is 2.03. The molecule has 2 aromatic carbocycles. The molecular weight excluding hydrogens is 335 g/mol.